The van der Waals surface area contributed by atoms with E-state index >= 15 is 0 Å². The van der Waals surface area contributed by atoms with Crippen LogP contribution in [0.3, 0.4) is 0 Å². The summed E-state index contributed by atoms with van der Waals surface area (Å²) in [4.78, 5) is 22.9. The molecule has 28 heavy (non-hydrogen) atoms. The van der Waals surface area contributed by atoms with Crippen LogP contribution in [-0.4, -0.2) is 72.7 Å². The highest BCUT2D eigenvalue weighted by Crippen LogP contribution is 2.43. The van der Waals surface area contributed by atoms with Gasteiger partial charge in [-0.1, -0.05) is 6.07 Å². The molecule has 0 unspecified atom stereocenters. The van der Waals surface area contributed by atoms with E-state index in [0.29, 0.717) is 13.2 Å². The van der Waals surface area contributed by atoms with Crippen LogP contribution in [-0.2, 0) is 16.1 Å². The van der Waals surface area contributed by atoms with E-state index in [0.717, 1.165) is 56.8 Å². The van der Waals surface area contributed by atoms with E-state index in [9.17, 15) is 4.79 Å². The third kappa shape index (κ3) is 4.91. The van der Waals surface area contributed by atoms with Gasteiger partial charge in [0.15, 0.2) is 0 Å². The van der Waals surface area contributed by atoms with Crippen molar-refractivity contribution in [2.24, 2.45) is 5.41 Å². The number of aromatic nitrogens is 1. The average Bonchev–Trinajstić information content (AvgIpc) is 2.65. The van der Waals surface area contributed by atoms with Gasteiger partial charge >= 0.3 is 0 Å². The lowest BCUT2D eigenvalue weighted by Gasteiger charge is -2.53. The summed E-state index contributed by atoms with van der Waals surface area (Å²) in [6.45, 7) is 11.0. The van der Waals surface area contributed by atoms with Gasteiger partial charge < -0.3 is 15.0 Å². The Hall–Kier alpha value is -1.50. The monoisotopic (exact) mass is 388 g/mol. The number of hydrogen-bond donors (Lipinski definition) is 1. The Morgan fingerprint density at radius 3 is 2.93 bits per heavy atom. The normalized spacial score (nSPS) is 26.2. The first-order chi connectivity index (χ1) is 13.4. The van der Waals surface area contributed by atoms with E-state index in [1.807, 2.05) is 26.8 Å². The predicted octanol–water partition coefficient (Wildman–Crippen LogP) is 2.22. The number of hydrogen-bond acceptors (Lipinski definition) is 5. The number of aryl methyl sites for hydroxylation is 1. The SMILES string of the molecule is Cc1cccc(CN2CCC[C@@]3(C(=O)NCCOC(C)C)CCN(C)C[C@H]23)n1. The van der Waals surface area contributed by atoms with Crippen molar-refractivity contribution in [3.63, 3.8) is 0 Å². The topological polar surface area (TPSA) is 57.7 Å². The smallest absolute Gasteiger partial charge is 0.227 e. The number of piperidine rings is 2. The molecule has 2 aliphatic rings. The van der Waals surface area contributed by atoms with Crippen LogP contribution in [0.2, 0.25) is 0 Å². The third-order valence-electron chi connectivity index (χ3n) is 6.17. The summed E-state index contributed by atoms with van der Waals surface area (Å²) >= 11 is 0. The molecular formula is C22H36N4O2. The van der Waals surface area contributed by atoms with Gasteiger partial charge in [0.2, 0.25) is 5.91 Å². The van der Waals surface area contributed by atoms with Gasteiger partial charge in [-0.05, 0) is 72.3 Å². The van der Waals surface area contributed by atoms with Gasteiger partial charge in [-0.15, -0.1) is 0 Å². The summed E-state index contributed by atoms with van der Waals surface area (Å²) in [5.74, 6) is 0.208. The van der Waals surface area contributed by atoms with Crippen molar-refractivity contribution >= 4 is 5.91 Å². The number of pyridine rings is 1. The summed E-state index contributed by atoms with van der Waals surface area (Å²) < 4.78 is 5.60. The molecule has 6 nitrogen and oxygen atoms in total. The largest absolute Gasteiger partial charge is 0.377 e. The first-order valence-corrected chi connectivity index (χ1v) is 10.7. The van der Waals surface area contributed by atoms with Crippen LogP contribution in [0.4, 0.5) is 0 Å². The molecule has 1 N–H and O–H groups in total. The Labute approximate surface area is 169 Å². The Morgan fingerprint density at radius 1 is 1.36 bits per heavy atom. The lowest BCUT2D eigenvalue weighted by atomic mass is 9.67. The number of amides is 1. The van der Waals surface area contributed by atoms with Gasteiger partial charge in [0.1, 0.15) is 0 Å². The van der Waals surface area contributed by atoms with E-state index < -0.39 is 0 Å². The van der Waals surface area contributed by atoms with Crippen LogP contribution in [0.5, 0.6) is 0 Å². The van der Waals surface area contributed by atoms with Gasteiger partial charge in [-0.2, -0.15) is 0 Å². The highest BCUT2D eigenvalue weighted by atomic mass is 16.5. The molecule has 0 aliphatic carbocycles. The molecule has 0 spiro atoms. The third-order valence-corrected chi connectivity index (χ3v) is 6.17. The molecule has 2 atom stereocenters. The lowest BCUT2D eigenvalue weighted by molar-refractivity contribution is -0.145. The number of rotatable bonds is 7. The number of nitrogens with zero attached hydrogens (tertiary/aromatic N) is 3. The number of ether oxygens (including phenoxy) is 1. The highest BCUT2D eigenvalue weighted by Gasteiger charge is 2.52. The van der Waals surface area contributed by atoms with Gasteiger partial charge in [-0.3, -0.25) is 14.7 Å². The Balaban J connectivity index is 1.73. The summed E-state index contributed by atoms with van der Waals surface area (Å²) in [6.07, 6.45) is 3.14. The van der Waals surface area contributed by atoms with Crippen molar-refractivity contribution in [1.29, 1.82) is 0 Å². The Morgan fingerprint density at radius 2 is 2.18 bits per heavy atom. The van der Waals surface area contributed by atoms with Crippen molar-refractivity contribution < 1.29 is 9.53 Å². The first kappa shape index (κ1) is 21.2. The lowest BCUT2D eigenvalue weighted by Crippen LogP contribution is -2.65. The molecule has 2 fully saturated rings. The number of nitrogens with one attached hydrogen (secondary N) is 1. The fraction of sp³-hybridized carbons (Fsp3) is 0.727. The van der Waals surface area contributed by atoms with Crippen LogP contribution in [0.15, 0.2) is 18.2 Å². The Bertz CT molecular complexity index is 666. The molecule has 0 saturated carbocycles. The van der Waals surface area contributed by atoms with Gasteiger partial charge in [0, 0.05) is 31.4 Å². The standard InChI is InChI=1S/C22H36N4O2/c1-17(2)28-14-11-23-21(27)22-9-6-12-26(20(22)16-25(4)13-10-22)15-19-8-5-7-18(3)24-19/h5,7-8,17,20H,6,9-16H2,1-4H3,(H,23,27)/t20-,22+/m0/s1. The molecule has 0 radical (unpaired) electrons. The van der Waals surface area contributed by atoms with Crippen molar-refractivity contribution in [2.75, 3.05) is 39.8 Å². The molecule has 3 rings (SSSR count). The molecule has 1 amide bonds. The second-order valence-corrected chi connectivity index (χ2v) is 8.70. The van der Waals surface area contributed by atoms with E-state index in [-0.39, 0.29) is 23.5 Å². The molecule has 6 heteroatoms. The van der Waals surface area contributed by atoms with E-state index in [4.69, 9.17) is 9.72 Å². The first-order valence-electron chi connectivity index (χ1n) is 10.7. The number of carbonyl (C=O) groups is 1. The minimum Gasteiger partial charge on any atom is -0.377 e. The van der Waals surface area contributed by atoms with E-state index in [1.165, 1.54) is 0 Å². The van der Waals surface area contributed by atoms with Crippen LogP contribution in [0.1, 0.15) is 44.5 Å². The quantitative estimate of drug-likeness (QED) is 0.726. The zero-order valence-corrected chi connectivity index (χ0v) is 17.9. The average molecular weight is 389 g/mol. The number of fused-ring (bicyclic) bond motifs is 1. The molecule has 3 heterocycles. The maximum Gasteiger partial charge on any atom is 0.227 e. The maximum absolute atomic E-state index is 13.3. The molecule has 0 aromatic carbocycles. The van der Waals surface area contributed by atoms with E-state index in [1.54, 1.807) is 0 Å². The molecular weight excluding hydrogens is 352 g/mol. The van der Waals surface area contributed by atoms with Crippen LogP contribution in [0, 0.1) is 12.3 Å². The van der Waals surface area contributed by atoms with Gasteiger partial charge in [0.05, 0.1) is 23.8 Å². The molecule has 0 bridgehead atoms. The van der Waals surface area contributed by atoms with Gasteiger partial charge in [-0.25, -0.2) is 0 Å². The second kappa shape index (κ2) is 9.33. The fourth-order valence-electron chi connectivity index (χ4n) is 4.73. The van der Waals surface area contributed by atoms with Crippen LogP contribution >= 0.6 is 0 Å². The summed E-state index contributed by atoms with van der Waals surface area (Å²) in [5, 5.41) is 3.18. The van der Waals surface area contributed by atoms with Crippen molar-refractivity contribution in [2.45, 2.75) is 58.7 Å². The Kier molecular flexibility index (Phi) is 7.07. The maximum atomic E-state index is 13.3. The molecule has 2 saturated heterocycles. The predicted molar refractivity (Wildman–Crippen MR) is 111 cm³/mol. The van der Waals surface area contributed by atoms with Crippen molar-refractivity contribution in [3.8, 4) is 0 Å². The second-order valence-electron chi connectivity index (χ2n) is 8.70. The molecule has 156 valence electrons. The van der Waals surface area contributed by atoms with Crippen molar-refractivity contribution in [1.82, 2.24) is 20.1 Å². The summed E-state index contributed by atoms with van der Waals surface area (Å²) in [5.41, 5.74) is 1.84. The minimum atomic E-state index is -0.299. The van der Waals surface area contributed by atoms with E-state index in [2.05, 4.69) is 34.3 Å². The zero-order valence-electron chi connectivity index (χ0n) is 17.9. The molecule has 1 aromatic heterocycles. The highest BCUT2D eigenvalue weighted by molar-refractivity contribution is 5.84. The van der Waals surface area contributed by atoms with Crippen LogP contribution < -0.4 is 5.32 Å². The summed E-state index contributed by atoms with van der Waals surface area (Å²) in [6, 6.07) is 6.43. The number of likely N-dealkylation sites (tertiary alicyclic amines) is 2. The minimum absolute atomic E-state index is 0.193. The molecule has 2 aliphatic heterocycles. The molecule has 1 aromatic rings. The number of carbonyl (C=O) groups excluding carboxylic acids is 1. The summed E-state index contributed by atoms with van der Waals surface area (Å²) in [7, 11) is 2.16. The number of likely N-dealkylation sites (N-methyl/N-ethyl adjacent to an activating group) is 1. The zero-order chi connectivity index (χ0) is 20.1. The van der Waals surface area contributed by atoms with Crippen molar-refractivity contribution in [3.05, 3.63) is 29.6 Å². The van der Waals surface area contributed by atoms with Gasteiger partial charge in [0.25, 0.3) is 0 Å². The fourth-order valence-corrected chi connectivity index (χ4v) is 4.73. The van der Waals surface area contributed by atoms with Crippen LogP contribution in [0.25, 0.3) is 0 Å².